The maximum Gasteiger partial charge on any atom is 0.261 e. The van der Waals surface area contributed by atoms with E-state index in [2.05, 4.69) is 14.3 Å². The number of fused-ring (bicyclic) bond motifs is 1. The van der Waals surface area contributed by atoms with Crippen LogP contribution in [0.15, 0.2) is 28.8 Å². The van der Waals surface area contributed by atoms with Crippen molar-refractivity contribution in [3.05, 3.63) is 39.5 Å². The molecule has 6 nitrogen and oxygen atoms in total. The Morgan fingerprint density at radius 3 is 3.00 bits per heavy atom. The highest BCUT2D eigenvalue weighted by molar-refractivity contribution is 7.03. The molecule has 0 bridgehead atoms. The van der Waals surface area contributed by atoms with Crippen molar-refractivity contribution in [3.8, 4) is 11.3 Å². The van der Waals surface area contributed by atoms with Crippen molar-refractivity contribution in [2.75, 3.05) is 6.61 Å². The summed E-state index contributed by atoms with van der Waals surface area (Å²) in [7, 11) is 0. The minimum absolute atomic E-state index is 0.146. The minimum atomic E-state index is -0.354. The van der Waals surface area contributed by atoms with E-state index in [1.165, 1.54) is 28.5 Å². The average Bonchev–Trinajstić information content (AvgIpc) is 3.01. The minimum Gasteiger partial charge on any atom is -0.394 e. The maximum absolute atomic E-state index is 12.5. The molecule has 0 spiro atoms. The molecule has 0 radical (unpaired) electrons. The number of hydrogen-bond acceptors (Lipinski definition) is 6. The molecular formula is C13H11ClN4O2S. The van der Waals surface area contributed by atoms with Gasteiger partial charge in [0.25, 0.3) is 5.56 Å². The fourth-order valence-corrected chi connectivity index (χ4v) is 2.75. The second kappa shape index (κ2) is 5.51. The highest BCUT2D eigenvalue weighted by Crippen LogP contribution is 2.26. The lowest BCUT2D eigenvalue weighted by atomic mass is 10.1. The zero-order valence-corrected chi connectivity index (χ0v) is 12.6. The van der Waals surface area contributed by atoms with Crippen molar-refractivity contribution in [1.29, 1.82) is 0 Å². The number of nitrogens with zero attached hydrogens (tertiary/aromatic N) is 4. The summed E-state index contributed by atoms with van der Waals surface area (Å²) < 4.78 is 5.41. The molecule has 21 heavy (non-hydrogen) atoms. The van der Waals surface area contributed by atoms with Gasteiger partial charge in [-0.3, -0.25) is 9.36 Å². The molecule has 108 valence electrons. The zero-order chi connectivity index (χ0) is 15.0. The predicted molar refractivity (Wildman–Crippen MR) is 81.7 cm³/mol. The van der Waals surface area contributed by atoms with E-state index in [1.54, 1.807) is 13.1 Å². The lowest BCUT2D eigenvalue weighted by Gasteiger charge is -2.13. The Hall–Kier alpha value is -1.83. The molecule has 0 aromatic carbocycles. The van der Waals surface area contributed by atoms with Crippen LogP contribution in [0.3, 0.4) is 0 Å². The van der Waals surface area contributed by atoms with Gasteiger partial charge in [-0.15, -0.1) is 0 Å². The molecule has 0 amide bonds. The monoisotopic (exact) mass is 322 g/mol. The molecule has 3 aromatic heterocycles. The van der Waals surface area contributed by atoms with Crippen molar-refractivity contribution < 1.29 is 5.11 Å². The molecule has 1 atom stereocenters. The first-order valence-electron chi connectivity index (χ1n) is 6.20. The predicted octanol–water partition coefficient (Wildman–Crippen LogP) is 2.12. The zero-order valence-electron chi connectivity index (χ0n) is 11.0. The fraction of sp³-hybridized carbons (Fsp3) is 0.231. The van der Waals surface area contributed by atoms with Gasteiger partial charge in [0.1, 0.15) is 16.4 Å². The summed E-state index contributed by atoms with van der Waals surface area (Å²) in [6.45, 7) is 1.59. The number of rotatable bonds is 3. The summed E-state index contributed by atoms with van der Waals surface area (Å²) in [5.74, 6) is 0. The highest BCUT2D eigenvalue weighted by Gasteiger charge is 2.15. The van der Waals surface area contributed by atoms with E-state index in [4.69, 9.17) is 11.6 Å². The third-order valence-corrected chi connectivity index (χ3v) is 3.96. The largest absolute Gasteiger partial charge is 0.394 e. The molecule has 0 aliphatic carbocycles. The van der Waals surface area contributed by atoms with Gasteiger partial charge >= 0.3 is 0 Å². The van der Waals surface area contributed by atoms with Crippen LogP contribution in [0.4, 0.5) is 0 Å². The molecule has 3 aromatic rings. The van der Waals surface area contributed by atoms with Crippen LogP contribution in [0.25, 0.3) is 22.2 Å². The first-order chi connectivity index (χ1) is 10.1. The molecule has 0 saturated heterocycles. The SMILES string of the molecule is C[C@@H](CO)n1cnc2c(-c3cnsc3)nc(Cl)cc2c1=O. The second-order valence-corrected chi connectivity index (χ2v) is 5.64. The van der Waals surface area contributed by atoms with E-state index in [0.29, 0.717) is 16.6 Å². The summed E-state index contributed by atoms with van der Waals surface area (Å²) in [4.78, 5) is 21.1. The number of aromatic nitrogens is 4. The van der Waals surface area contributed by atoms with Gasteiger partial charge in [-0.1, -0.05) is 11.6 Å². The Balaban J connectivity index is 2.34. The van der Waals surface area contributed by atoms with Gasteiger partial charge in [0.05, 0.1) is 30.6 Å². The van der Waals surface area contributed by atoms with Crippen molar-refractivity contribution in [3.63, 3.8) is 0 Å². The second-order valence-electron chi connectivity index (χ2n) is 4.59. The van der Waals surface area contributed by atoms with Crippen molar-refractivity contribution in [2.45, 2.75) is 13.0 Å². The van der Waals surface area contributed by atoms with E-state index in [-0.39, 0.29) is 23.4 Å². The topological polar surface area (TPSA) is 80.9 Å². The van der Waals surface area contributed by atoms with Crippen LogP contribution in [-0.2, 0) is 0 Å². The van der Waals surface area contributed by atoms with E-state index in [9.17, 15) is 9.90 Å². The third kappa shape index (κ3) is 2.44. The van der Waals surface area contributed by atoms with Crippen molar-refractivity contribution in [1.82, 2.24) is 18.9 Å². The van der Waals surface area contributed by atoms with Gasteiger partial charge in [0.2, 0.25) is 0 Å². The van der Waals surface area contributed by atoms with Gasteiger partial charge in [-0.25, -0.2) is 14.3 Å². The normalized spacial score (nSPS) is 12.7. The van der Waals surface area contributed by atoms with E-state index >= 15 is 0 Å². The van der Waals surface area contributed by atoms with Crippen LogP contribution in [0.2, 0.25) is 5.15 Å². The number of halogens is 1. The van der Waals surface area contributed by atoms with Crippen LogP contribution in [-0.4, -0.2) is 30.6 Å². The van der Waals surface area contributed by atoms with Crippen LogP contribution >= 0.6 is 23.1 Å². The quantitative estimate of drug-likeness (QED) is 0.747. The number of aliphatic hydroxyl groups is 1. The van der Waals surface area contributed by atoms with E-state index in [0.717, 1.165) is 5.56 Å². The van der Waals surface area contributed by atoms with Crippen molar-refractivity contribution in [2.24, 2.45) is 0 Å². The Morgan fingerprint density at radius 1 is 1.52 bits per heavy atom. The summed E-state index contributed by atoms with van der Waals surface area (Å²) in [5, 5.41) is 11.6. The summed E-state index contributed by atoms with van der Waals surface area (Å²) in [6, 6.07) is 1.14. The summed E-state index contributed by atoms with van der Waals surface area (Å²) in [5.41, 5.74) is 1.53. The summed E-state index contributed by atoms with van der Waals surface area (Å²) >= 11 is 7.31. The van der Waals surface area contributed by atoms with Crippen molar-refractivity contribution >= 4 is 34.0 Å². The van der Waals surface area contributed by atoms with Gasteiger partial charge < -0.3 is 5.11 Å². The molecular weight excluding hydrogens is 312 g/mol. The first-order valence-corrected chi connectivity index (χ1v) is 7.41. The molecule has 0 aliphatic heterocycles. The molecule has 3 rings (SSSR count). The Morgan fingerprint density at radius 2 is 2.33 bits per heavy atom. The standard InChI is InChI=1S/C13H11ClN4O2S/c1-7(4-19)18-6-15-12-9(13(18)20)2-10(14)17-11(12)8-3-16-21-5-8/h2-3,5-7,19H,4H2,1H3/t7-/m0/s1. The molecule has 0 fully saturated rings. The van der Waals surface area contributed by atoms with Crippen LogP contribution < -0.4 is 5.56 Å². The molecule has 0 saturated carbocycles. The third-order valence-electron chi connectivity index (χ3n) is 3.18. The van der Waals surface area contributed by atoms with Crippen LogP contribution in [0.5, 0.6) is 0 Å². The van der Waals surface area contributed by atoms with E-state index in [1.807, 2.05) is 5.38 Å². The van der Waals surface area contributed by atoms with Gasteiger partial charge in [0.15, 0.2) is 0 Å². The number of pyridine rings is 1. The van der Waals surface area contributed by atoms with Gasteiger partial charge in [0, 0.05) is 10.9 Å². The average molecular weight is 323 g/mol. The van der Waals surface area contributed by atoms with Crippen LogP contribution in [0.1, 0.15) is 13.0 Å². The van der Waals surface area contributed by atoms with Gasteiger partial charge in [-0.2, -0.15) is 0 Å². The van der Waals surface area contributed by atoms with Crippen LogP contribution in [0, 0.1) is 0 Å². The Kier molecular flexibility index (Phi) is 3.71. The fourth-order valence-electron chi connectivity index (χ4n) is 2.04. The highest BCUT2D eigenvalue weighted by atomic mass is 35.5. The molecule has 0 aliphatic rings. The smallest absolute Gasteiger partial charge is 0.261 e. The molecule has 1 N–H and O–H groups in total. The lowest BCUT2D eigenvalue weighted by Crippen LogP contribution is -2.25. The first kappa shape index (κ1) is 14.1. The molecule has 8 heteroatoms. The van der Waals surface area contributed by atoms with E-state index < -0.39 is 0 Å². The Bertz CT molecular complexity index is 847. The number of aliphatic hydroxyl groups excluding tert-OH is 1. The lowest BCUT2D eigenvalue weighted by molar-refractivity contribution is 0.236. The number of hydrogen-bond donors (Lipinski definition) is 1. The molecule has 3 heterocycles. The van der Waals surface area contributed by atoms with Gasteiger partial charge in [-0.05, 0) is 24.5 Å². The Labute approximate surface area is 128 Å². The maximum atomic E-state index is 12.5. The molecule has 0 unspecified atom stereocenters. The summed E-state index contributed by atoms with van der Waals surface area (Å²) in [6.07, 6.45) is 3.08.